The fourth-order valence-electron chi connectivity index (χ4n) is 6.51. The normalized spacial score (nSPS) is 18.6. The van der Waals surface area contributed by atoms with E-state index in [2.05, 4.69) is 57.0 Å². The molecule has 8 heteroatoms. The molecule has 7 nitrogen and oxygen atoms in total. The Morgan fingerprint density at radius 2 is 1.90 bits per heavy atom. The van der Waals surface area contributed by atoms with Crippen molar-refractivity contribution in [2.75, 3.05) is 26.2 Å². The molecule has 3 heterocycles. The number of nitrogens with zero attached hydrogens (tertiary/aromatic N) is 5. The maximum atomic E-state index is 14.2. The lowest BCUT2D eigenvalue weighted by molar-refractivity contribution is -0.135. The largest absolute Gasteiger partial charge is 0.337 e. The molecule has 2 aromatic carbocycles. The summed E-state index contributed by atoms with van der Waals surface area (Å²) in [6.45, 7) is 6.45. The van der Waals surface area contributed by atoms with Crippen LogP contribution in [-0.2, 0) is 37.1 Å². The minimum atomic E-state index is -0.298. The number of amides is 1. The van der Waals surface area contributed by atoms with Gasteiger partial charge in [-0.25, -0.2) is 4.98 Å². The number of fused-ring (bicyclic) bond motifs is 2. The third-order valence-corrected chi connectivity index (χ3v) is 8.83. The van der Waals surface area contributed by atoms with Crippen molar-refractivity contribution in [3.8, 4) is 0 Å². The summed E-state index contributed by atoms with van der Waals surface area (Å²) in [6, 6.07) is 20.5. The molecule has 2 aliphatic rings. The molecule has 218 valence electrons. The quantitative estimate of drug-likeness (QED) is 0.298. The van der Waals surface area contributed by atoms with Gasteiger partial charge in [-0.2, -0.15) is 0 Å². The molecule has 1 saturated heterocycles. The number of pyridine rings is 1. The van der Waals surface area contributed by atoms with E-state index in [-0.39, 0.29) is 18.0 Å². The number of aromatic nitrogens is 3. The lowest BCUT2D eigenvalue weighted by atomic mass is 9.95. The molecule has 1 N–H and O–H groups in total. The second-order valence-electron chi connectivity index (χ2n) is 11.3. The zero-order chi connectivity index (χ0) is 28.9. The summed E-state index contributed by atoms with van der Waals surface area (Å²) < 4.78 is 2.20. The van der Waals surface area contributed by atoms with Crippen LogP contribution in [0.3, 0.4) is 0 Å². The van der Waals surface area contributed by atoms with Gasteiger partial charge in [-0.15, -0.1) is 0 Å². The third-order valence-electron chi connectivity index (χ3n) is 8.59. The Morgan fingerprint density at radius 1 is 1.05 bits per heavy atom. The Balaban J connectivity index is 1.24. The fraction of sp³-hybridized carbons (Fsp3) is 0.382. The molecule has 1 amide bonds. The molecule has 0 radical (unpaired) electrons. The van der Waals surface area contributed by atoms with Gasteiger partial charge in [-0.3, -0.25) is 14.7 Å². The molecule has 1 aliphatic heterocycles. The van der Waals surface area contributed by atoms with Crippen molar-refractivity contribution in [1.29, 1.82) is 0 Å². The molecular weight excluding hydrogens is 544 g/mol. The van der Waals surface area contributed by atoms with Gasteiger partial charge in [0.1, 0.15) is 5.82 Å². The smallest absolute Gasteiger partial charge is 0.241 e. The van der Waals surface area contributed by atoms with Gasteiger partial charge in [-0.05, 0) is 59.7 Å². The summed E-state index contributed by atoms with van der Waals surface area (Å²) in [5.74, 6) is 1.23. The monoisotopic (exact) mass is 582 g/mol. The van der Waals surface area contributed by atoms with Crippen molar-refractivity contribution in [1.82, 2.24) is 29.7 Å². The lowest BCUT2D eigenvalue weighted by Gasteiger charge is -2.40. The predicted octanol–water partition coefficient (Wildman–Crippen LogP) is 5.07. The first-order valence-corrected chi connectivity index (χ1v) is 15.5. The van der Waals surface area contributed by atoms with Crippen LogP contribution in [0.1, 0.15) is 53.2 Å². The van der Waals surface area contributed by atoms with E-state index in [1.165, 1.54) is 16.7 Å². The van der Waals surface area contributed by atoms with Crippen LogP contribution in [0, 0.1) is 0 Å². The van der Waals surface area contributed by atoms with E-state index in [1.807, 2.05) is 53.8 Å². The number of rotatable bonds is 9. The Hall–Kier alpha value is -3.52. The Morgan fingerprint density at radius 3 is 2.76 bits per heavy atom. The minimum absolute atomic E-state index is 0.00959. The molecule has 2 aromatic heterocycles. The SMILES string of the molecule is CCc1nccn1CCCN(Cc1ccccc1)C(=O)[C@H]1CN([C@H]2c3ccc(Cl)cc3CCc3cccnc32)CCN1. The van der Waals surface area contributed by atoms with Crippen LogP contribution in [0.5, 0.6) is 0 Å². The van der Waals surface area contributed by atoms with E-state index in [4.69, 9.17) is 16.6 Å². The predicted molar refractivity (Wildman–Crippen MR) is 166 cm³/mol. The van der Waals surface area contributed by atoms with Crippen LogP contribution < -0.4 is 5.32 Å². The summed E-state index contributed by atoms with van der Waals surface area (Å²) in [6.07, 6.45) is 9.42. The number of hydrogen-bond donors (Lipinski definition) is 1. The highest BCUT2D eigenvalue weighted by Crippen LogP contribution is 2.37. The number of imidazole rings is 1. The molecule has 0 bridgehead atoms. The number of carbonyl (C=O) groups is 1. The van der Waals surface area contributed by atoms with Crippen LogP contribution in [0.15, 0.2) is 79.3 Å². The molecule has 0 unspecified atom stereocenters. The van der Waals surface area contributed by atoms with E-state index in [0.29, 0.717) is 19.6 Å². The molecular formula is C34H39ClN6O. The fourth-order valence-corrected chi connectivity index (χ4v) is 6.70. The molecule has 1 fully saturated rings. The summed E-state index contributed by atoms with van der Waals surface area (Å²) in [7, 11) is 0. The van der Waals surface area contributed by atoms with Gasteiger partial charge in [0.25, 0.3) is 0 Å². The molecule has 42 heavy (non-hydrogen) atoms. The number of aryl methyl sites for hydroxylation is 4. The Kier molecular flexibility index (Phi) is 8.98. The van der Waals surface area contributed by atoms with Crippen molar-refractivity contribution < 1.29 is 4.79 Å². The van der Waals surface area contributed by atoms with Crippen molar-refractivity contribution in [2.24, 2.45) is 0 Å². The van der Waals surface area contributed by atoms with Crippen molar-refractivity contribution in [3.05, 3.63) is 118 Å². The summed E-state index contributed by atoms with van der Waals surface area (Å²) in [4.78, 5) is 28.1. The summed E-state index contributed by atoms with van der Waals surface area (Å²) >= 11 is 6.44. The van der Waals surface area contributed by atoms with Crippen LogP contribution in [-0.4, -0.2) is 62.5 Å². The molecule has 1 aliphatic carbocycles. The highest BCUT2D eigenvalue weighted by molar-refractivity contribution is 6.30. The lowest BCUT2D eigenvalue weighted by Crippen LogP contribution is -2.58. The van der Waals surface area contributed by atoms with Gasteiger partial charge in [0.15, 0.2) is 0 Å². The van der Waals surface area contributed by atoms with E-state index < -0.39 is 0 Å². The first kappa shape index (κ1) is 28.6. The van der Waals surface area contributed by atoms with Crippen LogP contribution in [0.2, 0.25) is 5.02 Å². The molecule has 6 rings (SSSR count). The highest BCUT2D eigenvalue weighted by atomic mass is 35.5. The molecule has 0 spiro atoms. The third kappa shape index (κ3) is 6.28. The number of hydrogen-bond acceptors (Lipinski definition) is 5. The number of carbonyl (C=O) groups excluding carboxylic acids is 1. The first-order valence-electron chi connectivity index (χ1n) is 15.1. The van der Waals surface area contributed by atoms with E-state index >= 15 is 0 Å². The molecule has 2 atom stereocenters. The molecule has 4 aromatic rings. The number of halogens is 1. The Bertz CT molecular complexity index is 1500. The second-order valence-corrected chi connectivity index (χ2v) is 11.7. The number of nitrogens with one attached hydrogen (secondary N) is 1. The van der Waals surface area contributed by atoms with Crippen molar-refractivity contribution >= 4 is 17.5 Å². The van der Waals surface area contributed by atoms with E-state index in [9.17, 15) is 4.79 Å². The number of piperazine rings is 1. The highest BCUT2D eigenvalue weighted by Gasteiger charge is 2.36. The summed E-state index contributed by atoms with van der Waals surface area (Å²) in [5, 5.41) is 4.32. The van der Waals surface area contributed by atoms with Crippen LogP contribution in [0.4, 0.5) is 0 Å². The van der Waals surface area contributed by atoms with Crippen molar-refractivity contribution in [2.45, 2.75) is 57.8 Å². The van der Waals surface area contributed by atoms with Crippen LogP contribution in [0.25, 0.3) is 0 Å². The van der Waals surface area contributed by atoms with Gasteiger partial charge in [-0.1, -0.05) is 61.0 Å². The second kappa shape index (κ2) is 13.2. The van der Waals surface area contributed by atoms with Gasteiger partial charge < -0.3 is 14.8 Å². The zero-order valence-electron chi connectivity index (χ0n) is 24.3. The number of benzene rings is 2. The Labute approximate surface area is 253 Å². The van der Waals surface area contributed by atoms with Crippen LogP contribution >= 0.6 is 11.6 Å². The van der Waals surface area contributed by atoms with Gasteiger partial charge in [0.2, 0.25) is 5.91 Å². The van der Waals surface area contributed by atoms with E-state index in [1.54, 1.807) is 0 Å². The zero-order valence-corrected chi connectivity index (χ0v) is 25.0. The van der Waals surface area contributed by atoms with E-state index in [0.717, 1.165) is 67.4 Å². The average Bonchev–Trinajstić information content (AvgIpc) is 3.42. The van der Waals surface area contributed by atoms with Crippen molar-refractivity contribution in [3.63, 3.8) is 0 Å². The maximum Gasteiger partial charge on any atom is 0.241 e. The maximum absolute atomic E-state index is 14.2. The first-order chi connectivity index (χ1) is 20.6. The minimum Gasteiger partial charge on any atom is -0.337 e. The van der Waals surface area contributed by atoms with Gasteiger partial charge in [0.05, 0.1) is 17.8 Å². The molecule has 0 saturated carbocycles. The average molecular weight is 583 g/mol. The standard InChI is InChI=1S/C34H39ClN6O/c1-2-31-37-17-20-39(31)18-7-19-41(23-25-8-4-3-5-9-25)34(42)30-24-40(21-16-36-30)33-29-14-13-28(35)22-27(29)12-11-26-10-6-15-38-32(26)33/h3-6,8-10,13-15,17,20,22,30,33,36H,2,7,11-12,16,18-19,21,23-24H2,1H3/t30-,33+/m1/s1. The topological polar surface area (TPSA) is 66.3 Å². The summed E-state index contributed by atoms with van der Waals surface area (Å²) in [5.41, 5.74) is 6.03. The van der Waals surface area contributed by atoms with Gasteiger partial charge >= 0.3 is 0 Å². The van der Waals surface area contributed by atoms with Gasteiger partial charge in [0, 0.05) is 69.3 Å².